The van der Waals surface area contributed by atoms with Gasteiger partial charge in [0.2, 0.25) is 5.71 Å². The third kappa shape index (κ3) is 1.98. The Morgan fingerprint density at radius 3 is 2.82 bits per heavy atom. The smallest absolute Gasteiger partial charge is 0.337 e. The third-order valence-corrected chi connectivity index (χ3v) is 2.47. The summed E-state index contributed by atoms with van der Waals surface area (Å²) >= 11 is 0. The van der Waals surface area contributed by atoms with E-state index in [1.807, 2.05) is 0 Å². The van der Waals surface area contributed by atoms with Crippen molar-refractivity contribution in [3.63, 3.8) is 0 Å². The molecule has 0 aliphatic heterocycles. The lowest BCUT2D eigenvalue weighted by Gasteiger charge is -2.04. The van der Waals surface area contributed by atoms with Crippen LogP contribution in [0.4, 0.5) is 4.39 Å². The summed E-state index contributed by atoms with van der Waals surface area (Å²) in [6.07, 6.45) is -0.931. The lowest BCUT2D eigenvalue weighted by Crippen LogP contribution is -2.16. The van der Waals surface area contributed by atoms with Gasteiger partial charge < -0.3 is 9.40 Å². The SMILES string of the molecule is CCc1cc(=O)oc2nc(C(C)F)[nH]c(=O)c12. The third-order valence-electron chi connectivity index (χ3n) is 2.47. The Labute approximate surface area is 95.3 Å². The monoisotopic (exact) mass is 238 g/mol. The molecule has 1 unspecified atom stereocenters. The van der Waals surface area contributed by atoms with Gasteiger partial charge in [0.25, 0.3) is 5.56 Å². The highest BCUT2D eigenvalue weighted by molar-refractivity contribution is 5.75. The zero-order chi connectivity index (χ0) is 12.6. The summed E-state index contributed by atoms with van der Waals surface area (Å²) in [5.74, 6) is -0.140. The van der Waals surface area contributed by atoms with E-state index >= 15 is 0 Å². The number of hydrogen-bond donors (Lipinski definition) is 1. The molecule has 0 aromatic carbocycles. The summed E-state index contributed by atoms with van der Waals surface area (Å²) < 4.78 is 17.9. The molecule has 2 heterocycles. The predicted molar refractivity (Wildman–Crippen MR) is 59.8 cm³/mol. The number of aryl methyl sites for hydroxylation is 1. The summed E-state index contributed by atoms with van der Waals surface area (Å²) in [6.45, 7) is 3.05. The van der Waals surface area contributed by atoms with Crippen LogP contribution in [-0.4, -0.2) is 9.97 Å². The first kappa shape index (κ1) is 11.5. The maximum absolute atomic E-state index is 13.1. The van der Waals surface area contributed by atoms with Crippen LogP contribution in [0.2, 0.25) is 0 Å². The molecule has 1 N–H and O–H groups in total. The van der Waals surface area contributed by atoms with Gasteiger partial charge in [-0.2, -0.15) is 4.98 Å². The molecule has 0 aliphatic rings. The number of fused-ring (bicyclic) bond motifs is 1. The van der Waals surface area contributed by atoms with Crippen molar-refractivity contribution in [1.82, 2.24) is 9.97 Å². The number of aromatic amines is 1. The standard InChI is InChI=1S/C11H11FN2O3/c1-3-6-4-7(15)17-11-8(6)10(16)13-9(14-11)5(2)12/h4-5H,3H2,1-2H3,(H,13,14,16). The molecule has 0 radical (unpaired) electrons. The molecule has 0 saturated heterocycles. The summed E-state index contributed by atoms with van der Waals surface area (Å²) in [4.78, 5) is 29.2. The number of H-pyrrole nitrogens is 1. The van der Waals surface area contributed by atoms with E-state index in [1.54, 1.807) is 6.92 Å². The fourth-order valence-electron chi connectivity index (χ4n) is 1.63. The van der Waals surface area contributed by atoms with Crippen LogP contribution >= 0.6 is 0 Å². The molecular formula is C11H11FN2O3. The van der Waals surface area contributed by atoms with Crippen LogP contribution in [0.15, 0.2) is 20.1 Å². The van der Waals surface area contributed by atoms with Crippen LogP contribution in [-0.2, 0) is 6.42 Å². The minimum atomic E-state index is -1.43. The Hall–Kier alpha value is -1.98. The van der Waals surface area contributed by atoms with Crippen LogP contribution in [0.3, 0.4) is 0 Å². The molecule has 5 nitrogen and oxygen atoms in total. The lowest BCUT2D eigenvalue weighted by atomic mass is 10.1. The number of rotatable bonds is 2. The fraction of sp³-hybridized carbons (Fsp3) is 0.364. The van der Waals surface area contributed by atoms with Gasteiger partial charge in [0.05, 0.1) is 0 Å². The average Bonchev–Trinajstić information content (AvgIpc) is 2.26. The topological polar surface area (TPSA) is 76.0 Å². The van der Waals surface area contributed by atoms with Gasteiger partial charge in [-0.15, -0.1) is 0 Å². The quantitative estimate of drug-likeness (QED) is 0.859. The van der Waals surface area contributed by atoms with Gasteiger partial charge in [-0.1, -0.05) is 6.92 Å². The number of halogens is 1. The Morgan fingerprint density at radius 1 is 1.53 bits per heavy atom. The highest BCUT2D eigenvalue weighted by Gasteiger charge is 2.14. The molecule has 0 spiro atoms. The van der Waals surface area contributed by atoms with E-state index in [0.29, 0.717) is 12.0 Å². The molecule has 0 bridgehead atoms. The minimum absolute atomic E-state index is 0.113. The van der Waals surface area contributed by atoms with E-state index < -0.39 is 17.4 Å². The molecule has 2 rings (SSSR count). The highest BCUT2D eigenvalue weighted by Crippen LogP contribution is 2.15. The Kier molecular flexibility index (Phi) is 2.79. The van der Waals surface area contributed by atoms with Gasteiger partial charge in [-0.05, 0) is 18.9 Å². The van der Waals surface area contributed by atoms with Crippen LogP contribution in [0.1, 0.15) is 31.4 Å². The molecule has 2 aromatic rings. The normalized spacial score (nSPS) is 12.9. The van der Waals surface area contributed by atoms with Crippen LogP contribution < -0.4 is 11.2 Å². The molecule has 6 heteroatoms. The number of nitrogens with one attached hydrogen (secondary N) is 1. The molecule has 0 saturated carbocycles. The van der Waals surface area contributed by atoms with E-state index in [9.17, 15) is 14.0 Å². The maximum atomic E-state index is 13.1. The first-order valence-electron chi connectivity index (χ1n) is 5.24. The second-order valence-corrected chi connectivity index (χ2v) is 3.69. The van der Waals surface area contributed by atoms with Gasteiger partial charge in [0.15, 0.2) is 6.17 Å². The van der Waals surface area contributed by atoms with E-state index in [-0.39, 0.29) is 16.9 Å². The van der Waals surface area contributed by atoms with E-state index in [1.165, 1.54) is 13.0 Å². The average molecular weight is 238 g/mol. The Bertz CT molecular complexity index is 672. The maximum Gasteiger partial charge on any atom is 0.337 e. The van der Waals surface area contributed by atoms with Crippen molar-refractivity contribution in [2.75, 3.05) is 0 Å². The van der Waals surface area contributed by atoms with Crippen LogP contribution in [0.5, 0.6) is 0 Å². The Morgan fingerprint density at radius 2 is 2.24 bits per heavy atom. The molecule has 0 fully saturated rings. The van der Waals surface area contributed by atoms with Gasteiger partial charge in [-0.25, -0.2) is 9.18 Å². The molecule has 0 aliphatic carbocycles. The van der Waals surface area contributed by atoms with E-state index in [2.05, 4.69) is 9.97 Å². The van der Waals surface area contributed by atoms with Crippen molar-refractivity contribution in [3.8, 4) is 0 Å². The molecule has 17 heavy (non-hydrogen) atoms. The zero-order valence-corrected chi connectivity index (χ0v) is 9.41. The molecule has 0 amide bonds. The molecule has 2 aromatic heterocycles. The van der Waals surface area contributed by atoms with Crippen molar-refractivity contribution in [2.24, 2.45) is 0 Å². The van der Waals surface area contributed by atoms with Gasteiger partial charge in [-0.3, -0.25) is 4.79 Å². The molecule has 90 valence electrons. The highest BCUT2D eigenvalue weighted by atomic mass is 19.1. The summed E-state index contributed by atoms with van der Waals surface area (Å²) in [5.41, 5.74) is -0.652. The van der Waals surface area contributed by atoms with E-state index in [4.69, 9.17) is 4.42 Å². The summed E-state index contributed by atoms with van der Waals surface area (Å²) in [7, 11) is 0. The van der Waals surface area contributed by atoms with Crippen molar-refractivity contribution in [1.29, 1.82) is 0 Å². The number of alkyl halides is 1. The first-order chi connectivity index (χ1) is 8.02. The molecular weight excluding hydrogens is 227 g/mol. The fourth-order valence-corrected chi connectivity index (χ4v) is 1.63. The summed E-state index contributed by atoms with van der Waals surface area (Å²) in [5, 5.41) is 0.205. The van der Waals surface area contributed by atoms with Crippen LogP contribution in [0, 0.1) is 0 Å². The zero-order valence-electron chi connectivity index (χ0n) is 9.41. The molecule has 1 atom stereocenters. The first-order valence-corrected chi connectivity index (χ1v) is 5.24. The Balaban J connectivity index is 2.90. The van der Waals surface area contributed by atoms with Crippen LogP contribution in [0.25, 0.3) is 11.1 Å². The van der Waals surface area contributed by atoms with Crippen molar-refractivity contribution >= 4 is 11.1 Å². The van der Waals surface area contributed by atoms with Crippen molar-refractivity contribution < 1.29 is 8.81 Å². The lowest BCUT2D eigenvalue weighted by molar-refractivity contribution is 0.355. The van der Waals surface area contributed by atoms with Crippen molar-refractivity contribution in [2.45, 2.75) is 26.4 Å². The predicted octanol–water partition coefficient (Wildman–Crippen LogP) is 1.47. The van der Waals surface area contributed by atoms with Crippen molar-refractivity contribution in [3.05, 3.63) is 38.2 Å². The largest absolute Gasteiger partial charge is 0.403 e. The van der Waals surface area contributed by atoms with E-state index in [0.717, 1.165) is 0 Å². The number of hydrogen-bond acceptors (Lipinski definition) is 4. The number of nitrogens with zero attached hydrogens (tertiary/aromatic N) is 1. The van der Waals surface area contributed by atoms with Gasteiger partial charge in [0.1, 0.15) is 11.2 Å². The summed E-state index contributed by atoms with van der Waals surface area (Å²) in [6, 6.07) is 1.25. The second-order valence-electron chi connectivity index (χ2n) is 3.69. The number of aromatic nitrogens is 2. The van der Waals surface area contributed by atoms with Gasteiger partial charge >= 0.3 is 5.63 Å². The minimum Gasteiger partial charge on any atom is -0.403 e. The second kappa shape index (κ2) is 4.12. The van der Waals surface area contributed by atoms with Gasteiger partial charge in [0, 0.05) is 6.07 Å².